The van der Waals surface area contributed by atoms with Crippen molar-refractivity contribution in [1.29, 1.82) is 0 Å². The fourth-order valence-corrected chi connectivity index (χ4v) is 3.18. The molecule has 0 spiro atoms. The summed E-state index contributed by atoms with van der Waals surface area (Å²) in [5.41, 5.74) is 3.76. The van der Waals surface area contributed by atoms with Gasteiger partial charge in [0.1, 0.15) is 5.82 Å². The van der Waals surface area contributed by atoms with Gasteiger partial charge in [0, 0.05) is 25.0 Å². The third-order valence-electron chi connectivity index (χ3n) is 4.17. The predicted molar refractivity (Wildman–Crippen MR) is 94.2 cm³/mol. The molecule has 0 saturated carbocycles. The van der Waals surface area contributed by atoms with Crippen molar-refractivity contribution in [3.63, 3.8) is 0 Å². The molecule has 2 heterocycles. The minimum Gasteiger partial charge on any atom is -0.356 e. The Morgan fingerprint density at radius 2 is 1.78 bits per heavy atom. The van der Waals surface area contributed by atoms with Crippen LogP contribution in [0, 0.1) is 13.8 Å². The van der Waals surface area contributed by atoms with Crippen molar-refractivity contribution < 1.29 is 4.79 Å². The lowest BCUT2D eigenvalue weighted by Gasteiger charge is -2.29. The van der Waals surface area contributed by atoms with Crippen LogP contribution in [0.2, 0.25) is 0 Å². The first kappa shape index (κ1) is 15.5. The fraction of sp³-hybridized carbons (Fsp3) is 0.368. The molecule has 4 heteroatoms. The zero-order chi connectivity index (χ0) is 16.2. The number of aryl methyl sites for hydroxylation is 2. The summed E-state index contributed by atoms with van der Waals surface area (Å²) in [4.78, 5) is 19.4. The van der Waals surface area contributed by atoms with E-state index in [0.717, 1.165) is 48.6 Å². The van der Waals surface area contributed by atoms with Crippen molar-refractivity contribution in [1.82, 2.24) is 4.98 Å². The summed E-state index contributed by atoms with van der Waals surface area (Å²) in [7, 11) is 0. The van der Waals surface area contributed by atoms with Crippen molar-refractivity contribution >= 4 is 17.4 Å². The van der Waals surface area contributed by atoms with Crippen LogP contribution in [0.5, 0.6) is 0 Å². The number of piperidine rings is 1. The maximum atomic E-state index is 12.7. The molecule has 0 atom stereocenters. The highest BCUT2D eigenvalue weighted by atomic mass is 16.1. The van der Waals surface area contributed by atoms with Crippen molar-refractivity contribution in [2.24, 2.45) is 0 Å². The molecular formula is C19H23N3O. The van der Waals surface area contributed by atoms with Gasteiger partial charge >= 0.3 is 0 Å². The molecule has 0 bridgehead atoms. The summed E-state index contributed by atoms with van der Waals surface area (Å²) in [6.45, 7) is 6.01. The molecule has 3 rings (SSSR count). The second-order valence-corrected chi connectivity index (χ2v) is 6.25. The second-order valence-electron chi connectivity index (χ2n) is 6.25. The van der Waals surface area contributed by atoms with E-state index in [2.05, 4.69) is 21.3 Å². The normalized spacial score (nSPS) is 14.6. The Labute approximate surface area is 137 Å². The lowest BCUT2D eigenvalue weighted by Crippen LogP contribution is -2.32. The summed E-state index contributed by atoms with van der Waals surface area (Å²) in [6, 6.07) is 9.75. The monoisotopic (exact) mass is 309 g/mol. The number of hydrogen-bond acceptors (Lipinski definition) is 3. The van der Waals surface area contributed by atoms with E-state index < -0.39 is 0 Å². The van der Waals surface area contributed by atoms with E-state index in [-0.39, 0.29) is 5.91 Å². The average molecular weight is 309 g/mol. The van der Waals surface area contributed by atoms with Gasteiger partial charge in [0.25, 0.3) is 5.91 Å². The molecule has 1 N–H and O–H groups in total. The van der Waals surface area contributed by atoms with Crippen LogP contribution in [0.1, 0.15) is 40.7 Å². The average Bonchev–Trinajstić information content (AvgIpc) is 2.54. The van der Waals surface area contributed by atoms with Crippen LogP contribution in [-0.2, 0) is 0 Å². The van der Waals surface area contributed by atoms with Gasteiger partial charge in [0.15, 0.2) is 0 Å². The first-order chi connectivity index (χ1) is 11.1. The van der Waals surface area contributed by atoms with Gasteiger partial charge in [0.2, 0.25) is 0 Å². The second kappa shape index (κ2) is 6.82. The van der Waals surface area contributed by atoms with Crippen molar-refractivity contribution in [3.05, 3.63) is 53.2 Å². The summed E-state index contributed by atoms with van der Waals surface area (Å²) in [5.74, 6) is 0.706. The largest absolute Gasteiger partial charge is 0.356 e. The van der Waals surface area contributed by atoms with Gasteiger partial charge in [-0.3, -0.25) is 4.79 Å². The van der Waals surface area contributed by atoms with Crippen LogP contribution < -0.4 is 10.2 Å². The molecule has 1 aromatic heterocycles. The van der Waals surface area contributed by atoms with Gasteiger partial charge in [0.05, 0.1) is 5.56 Å². The lowest BCUT2D eigenvalue weighted by molar-refractivity contribution is 0.102. The number of benzene rings is 1. The van der Waals surface area contributed by atoms with E-state index in [1.54, 1.807) is 6.20 Å². The maximum Gasteiger partial charge on any atom is 0.259 e. The Kier molecular flexibility index (Phi) is 4.60. The molecule has 4 nitrogen and oxygen atoms in total. The third kappa shape index (κ3) is 3.70. The molecule has 1 saturated heterocycles. The third-order valence-corrected chi connectivity index (χ3v) is 4.17. The van der Waals surface area contributed by atoms with E-state index in [4.69, 9.17) is 0 Å². The van der Waals surface area contributed by atoms with Crippen LogP contribution in [0.25, 0.3) is 0 Å². The van der Waals surface area contributed by atoms with Crippen LogP contribution in [0.3, 0.4) is 0 Å². The van der Waals surface area contributed by atoms with Crippen LogP contribution >= 0.6 is 0 Å². The number of rotatable bonds is 3. The minimum absolute atomic E-state index is 0.0938. The van der Waals surface area contributed by atoms with Gasteiger partial charge in [-0.2, -0.15) is 0 Å². The molecule has 1 aromatic carbocycles. The Hall–Kier alpha value is -2.36. The highest BCUT2D eigenvalue weighted by Gasteiger charge is 2.19. The van der Waals surface area contributed by atoms with Crippen LogP contribution in [0.15, 0.2) is 36.5 Å². The van der Waals surface area contributed by atoms with Crippen LogP contribution in [0.4, 0.5) is 11.5 Å². The number of pyridine rings is 1. The topological polar surface area (TPSA) is 45.2 Å². The molecule has 120 valence electrons. The summed E-state index contributed by atoms with van der Waals surface area (Å²) in [6.07, 6.45) is 5.34. The van der Waals surface area contributed by atoms with Gasteiger partial charge in [-0.15, -0.1) is 0 Å². The quantitative estimate of drug-likeness (QED) is 0.934. The molecule has 0 unspecified atom stereocenters. The number of carbonyl (C=O) groups excluding carboxylic acids is 1. The zero-order valence-electron chi connectivity index (χ0n) is 13.8. The number of hydrogen-bond donors (Lipinski definition) is 1. The SMILES string of the molecule is Cc1cc(C)cc(NC(=O)c2cccnc2N2CCCCC2)c1. The highest BCUT2D eigenvalue weighted by Crippen LogP contribution is 2.23. The van der Waals surface area contributed by atoms with Crippen molar-refractivity contribution in [3.8, 4) is 0 Å². The number of carbonyl (C=O) groups is 1. The maximum absolute atomic E-state index is 12.7. The minimum atomic E-state index is -0.0938. The Morgan fingerprint density at radius 1 is 1.09 bits per heavy atom. The molecule has 0 aliphatic carbocycles. The summed E-state index contributed by atoms with van der Waals surface area (Å²) in [5, 5.41) is 3.01. The van der Waals surface area contributed by atoms with E-state index in [1.807, 2.05) is 38.1 Å². The Bertz CT molecular complexity index is 685. The van der Waals surface area contributed by atoms with E-state index in [0.29, 0.717) is 5.56 Å². The zero-order valence-corrected chi connectivity index (χ0v) is 13.8. The Balaban J connectivity index is 1.84. The molecular weight excluding hydrogens is 286 g/mol. The van der Waals surface area contributed by atoms with Crippen LogP contribution in [-0.4, -0.2) is 24.0 Å². The lowest BCUT2D eigenvalue weighted by atomic mass is 10.1. The number of anilines is 2. The summed E-state index contributed by atoms with van der Waals surface area (Å²) >= 11 is 0. The first-order valence-electron chi connectivity index (χ1n) is 8.23. The highest BCUT2D eigenvalue weighted by molar-refractivity contribution is 6.07. The Morgan fingerprint density at radius 3 is 2.48 bits per heavy atom. The van der Waals surface area contributed by atoms with Gasteiger partial charge in [-0.05, 0) is 68.5 Å². The van der Waals surface area contributed by atoms with Gasteiger partial charge < -0.3 is 10.2 Å². The molecule has 1 fully saturated rings. The predicted octanol–water partition coefficient (Wildman–Crippen LogP) is 3.94. The number of amides is 1. The van der Waals surface area contributed by atoms with E-state index >= 15 is 0 Å². The molecule has 1 amide bonds. The van der Waals surface area contributed by atoms with E-state index in [9.17, 15) is 4.79 Å². The molecule has 23 heavy (non-hydrogen) atoms. The first-order valence-corrected chi connectivity index (χ1v) is 8.23. The smallest absolute Gasteiger partial charge is 0.259 e. The number of nitrogens with one attached hydrogen (secondary N) is 1. The van der Waals surface area contributed by atoms with Crippen molar-refractivity contribution in [2.75, 3.05) is 23.3 Å². The molecule has 1 aliphatic heterocycles. The number of aromatic nitrogens is 1. The van der Waals surface area contributed by atoms with Gasteiger partial charge in [-0.1, -0.05) is 6.07 Å². The molecule has 0 radical (unpaired) electrons. The molecule has 1 aliphatic rings. The van der Waals surface area contributed by atoms with Crippen molar-refractivity contribution in [2.45, 2.75) is 33.1 Å². The van der Waals surface area contributed by atoms with Gasteiger partial charge in [-0.25, -0.2) is 4.98 Å². The fourth-order valence-electron chi connectivity index (χ4n) is 3.18. The summed E-state index contributed by atoms with van der Waals surface area (Å²) < 4.78 is 0. The standard InChI is InChI=1S/C19H23N3O/c1-14-11-15(2)13-16(12-14)21-19(23)17-7-6-8-20-18(17)22-9-4-3-5-10-22/h6-8,11-13H,3-5,9-10H2,1-2H3,(H,21,23). The molecule has 2 aromatic rings. The van der Waals surface area contributed by atoms with E-state index in [1.165, 1.54) is 6.42 Å². The number of nitrogens with zero attached hydrogens (tertiary/aromatic N) is 2.